The van der Waals surface area contributed by atoms with Crippen LogP contribution < -0.4 is 0 Å². The lowest BCUT2D eigenvalue weighted by Gasteiger charge is -2.29. The van der Waals surface area contributed by atoms with Crippen molar-refractivity contribution in [3.63, 3.8) is 0 Å². The summed E-state index contributed by atoms with van der Waals surface area (Å²) in [5.41, 5.74) is 1.82. The molecule has 1 saturated carbocycles. The van der Waals surface area contributed by atoms with Crippen LogP contribution in [0.5, 0.6) is 0 Å². The Morgan fingerprint density at radius 3 is 2.32 bits per heavy atom. The molecular weight excluding hydrogens is 275 g/mol. The maximum Gasteiger partial charge on any atom is 0.193 e. The number of hydrogen-bond donors (Lipinski definition) is 0. The molecule has 0 bridgehead atoms. The molecule has 2 rings (SSSR count). The summed E-state index contributed by atoms with van der Waals surface area (Å²) < 4.78 is 12.4. The van der Waals surface area contributed by atoms with E-state index in [0.717, 1.165) is 5.92 Å². The third-order valence-corrected chi connectivity index (χ3v) is 5.14. The van der Waals surface area contributed by atoms with Crippen LogP contribution in [0.15, 0.2) is 24.3 Å². The molecule has 1 aliphatic carbocycles. The van der Waals surface area contributed by atoms with E-state index >= 15 is 0 Å². The topological polar surface area (TPSA) is 17.1 Å². The minimum Gasteiger partial charge on any atom is -0.291 e. The van der Waals surface area contributed by atoms with Gasteiger partial charge in [0.05, 0.1) is 0 Å². The van der Waals surface area contributed by atoms with Crippen LogP contribution in [0, 0.1) is 5.92 Å². The van der Waals surface area contributed by atoms with Gasteiger partial charge in [-0.3, -0.25) is 4.79 Å². The number of carbonyl (C=O) groups is 1. The van der Waals surface area contributed by atoms with Crippen molar-refractivity contribution in [3.8, 4) is 0 Å². The number of rotatable bonds is 8. The van der Waals surface area contributed by atoms with Crippen LogP contribution in [0.2, 0.25) is 0 Å². The lowest BCUT2D eigenvalue weighted by molar-refractivity contribution is 0.0958. The molecule has 0 saturated heterocycles. The molecule has 22 heavy (non-hydrogen) atoms. The van der Waals surface area contributed by atoms with E-state index in [1.807, 2.05) is 12.1 Å². The number of alkyl halides is 1. The molecule has 1 nitrogen and oxygen atoms in total. The molecule has 1 aromatic rings. The second-order valence-electron chi connectivity index (χ2n) is 6.75. The molecule has 122 valence electrons. The Morgan fingerprint density at radius 1 is 1.05 bits per heavy atom. The van der Waals surface area contributed by atoms with Crippen LogP contribution in [-0.2, 0) is 0 Å². The summed E-state index contributed by atoms with van der Waals surface area (Å²) >= 11 is 0. The van der Waals surface area contributed by atoms with Gasteiger partial charge in [-0.2, -0.15) is 0 Å². The fraction of sp³-hybridized carbons (Fsp3) is 0.650. The Hall–Kier alpha value is -1.18. The van der Waals surface area contributed by atoms with Gasteiger partial charge in [0.25, 0.3) is 0 Å². The first-order valence-corrected chi connectivity index (χ1v) is 8.93. The third-order valence-electron chi connectivity index (χ3n) is 5.14. The van der Waals surface area contributed by atoms with Crippen LogP contribution in [0.25, 0.3) is 0 Å². The second kappa shape index (κ2) is 9.07. The molecule has 1 aliphatic rings. The zero-order valence-corrected chi connectivity index (χ0v) is 13.8. The van der Waals surface area contributed by atoms with Crippen molar-refractivity contribution in [2.75, 3.05) is 6.67 Å². The van der Waals surface area contributed by atoms with E-state index in [9.17, 15) is 9.18 Å². The molecule has 0 aliphatic heterocycles. The zero-order valence-electron chi connectivity index (χ0n) is 13.8. The number of Topliss-reactive ketones (excluding diaryl/α,β-unsaturated/α-hetero) is 1. The minimum atomic E-state index is -0.900. The molecule has 0 spiro atoms. The van der Waals surface area contributed by atoms with Crippen LogP contribution in [0.3, 0.4) is 0 Å². The lowest BCUT2D eigenvalue weighted by Crippen LogP contribution is -2.13. The average molecular weight is 304 g/mol. The smallest absolute Gasteiger partial charge is 0.193 e. The average Bonchev–Trinajstić information content (AvgIpc) is 2.59. The highest BCUT2D eigenvalue weighted by Crippen LogP contribution is 2.37. The molecule has 0 heterocycles. The summed E-state index contributed by atoms with van der Waals surface area (Å²) in [4.78, 5) is 11.3. The van der Waals surface area contributed by atoms with Crippen LogP contribution in [-0.4, -0.2) is 12.5 Å². The number of hydrogen-bond acceptors (Lipinski definition) is 1. The summed E-state index contributed by atoms with van der Waals surface area (Å²) in [5.74, 6) is 1.13. The van der Waals surface area contributed by atoms with Gasteiger partial charge in [0.2, 0.25) is 0 Å². The van der Waals surface area contributed by atoms with Crippen molar-refractivity contribution in [2.45, 2.75) is 70.6 Å². The number of halogens is 1. The van der Waals surface area contributed by atoms with Crippen molar-refractivity contribution in [3.05, 3.63) is 35.4 Å². The van der Waals surface area contributed by atoms with Crippen LogP contribution in [0.4, 0.5) is 4.39 Å². The van der Waals surface area contributed by atoms with E-state index in [2.05, 4.69) is 6.92 Å². The van der Waals surface area contributed by atoms with E-state index < -0.39 is 12.5 Å². The van der Waals surface area contributed by atoms with E-state index in [1.165, 1.54) is 63.4 Å². The van der Waals surface area contributed by atoms with Gasteiger partial charge in [-0.15, -0.1) is 0 Å². The SMILES string of the molecule is CCCCCCC1CCC(c2ccc(C(=O)CF)cc2)CC1. The van der Waals surface area contributed by atoms with Gasteiger partial charge in [-0.25, -0.2) is 4.39 Å². The monoisotopic (exact) mass is 304 g/mol. The maximum atomic E-state index is 12.4. The van der Waals surface area contributed by atoms with Gasteiger partial charge >= 0.3 is 0 Å². The summed E-state index contributed by atoms with van der Waals surface area (Å²) in [7, 11) is 0. The molecule has 2 heteroatoms. The van der Waals surface area contributed by atoms with E-state index in [1.54, 1.807) is 12.1 Å². The molecule has 0 atom stereocenters. The molecule has 1 fully saturated rings. The second-order valence-corrected chi connectivity index (χ2v) is 6.75. The molecule has 0 radical (unpaired) electrons. The Kier molecular flexibility index (Phi) is 7.08. The van der Waals surface area contributed by atoms with Crippen molar-refractivity contribution in [1.82, 2.24) is 0 Å². The number of unbranched alkanes of at least 4 members (excludes halogenated alkanes) is 3. The Labute approximate surface area is 134 Å². The summed E-state index contributed by atoms with van der Waals surface area (Å²) in [5, 5.41) is 0. The summed E-state index contributed by atoms with van der Waals surface area (Å²) in [6.45, 7) is 1.36. The number of benzene rings is 1. The lowest BCUT2D eigenvalue weighted by atomic mass is 9.77. The van der Waals surface area contributed by atoms with Gasteiger partial charge in [0.1, 0.15) is 0 Å². The number of ketones is 1. The molecule has 0 unspecified atom stereocenters. The fourth-order valence-corrected chi connectivity index (χ4v) is 3.66. The van der Waals surface area contributed by atoms with Crippen LogP contribution >= 0.6 is 0 Å². The van der Waals surface area contributed by atoms with Gasteiger partial charge in [0, 0.05) is 5.56 Å². The van der Waals surface area contributed by atoms with Crippen molar-refractivity contribution >= 4 is 5.78 Å². The van der Waals surface area contributed by atoms with E-state index in [0.29, 0.717) is 11.5 Å². The Morgan fingerprint density at radius 2 is 1.73 bits per heavy atom. The molecule has 0 amide bonds. The first-order chi connectivity index (χ1) is 10.7. The minimum absolute atomic E-state index is 0.415. The molecule has 1 aromatic carbocycles. The summed E-state index contributed by atoms with van der Waals surface area (Å²) in [6, 6.07) is 7.62. The maximum absolute atomic E-state index is 12.4. The Balaban J connectivity index is 1.77. The van der Waals surface area contributed by atoms with E-state index in [-0.39, 0.29) is 0 Å². The fourth-order valence-electron chi connectivity index (χ4n) is 3.66. The first kappa shape index (κ1) is 17.2. The molecule has 0 aromatic heterocycles. The molecule has 0 N–H and O–H groups in total. The third kappa shape index (κ3) is 4.93. The van der Waals surface area contributed by atoms with Gasteiger partial charge in [-0.1, -0.05) is 63.3 Å². The standard InChI is InChI=1S/C20H29FO/c1-2-3-4-5-6-16-7-9-17(10-8-16)18-11-13-19(14-12-18)20(22)15-21/h11-14,16-17H,2-10,15H2,1H3. The van der Waals surface area contributed by atoms with Crippen molar-refractivity contribution in [1.29, 1.82) is 0 Å². The highest BCUT2D eigenvalue weighted by Gasteiger charge is 2.22. The van der Waals surface area contributed by atoms with Gasteiger partial charge < -0.3 is 0 Å². The van der Waals surface area contributed by atoms with Gasteiger partial charge in [0.15, 0.2) is 12.5 Å². The van der Waals surface area contributed by atoms with Crippen LogP contribution in [0.1, 0.15) is 86.6 Å². The predicted octanol–water partition coefficient (Wildman–Crippen LogP) is 6.08. The highest BCUT2D eigenvalue weighted by atomic mass is 19.1. The first-order valence-electron chi connectivity index (χ1n) is 8.93. The Bertz CT molecular complexity index is 443. The van der Waals surface area contributed by atoms with E-state index in [4.69, 9.17) is 0 Å². The highest BCUT2D eigenvalue weighted by molar-refractivity contribution is 5.96. The summed E-state index contributed by atoms with van der Waals surface area (Å²) in [6.07, 6.45) is 12.1. The number of carbonyl (C=O) groups excluding carboxylic acids is 1. The normalized spacial score (nSPS) is 21.7. The van der Waals surface area contributed by atoms with Gasteiger partial charge in [-0.05, 0) is 43.1 Å². The predicted molar refractivity (Wildman–Crippen MR) is 90.2 cm³/mol. The largest absolute Gasteiger partial charge is 0.291 e. The van der Waals surface area contributed by atoms with Crippen molar-refractivity contribution < 1.29 is 9.18 Å². The van der Waals surface area contributed by atoms with Crippen molar-refractivity contribution in [2.24, 2.45) is 5.92 Å². The quantitative estimate of drug-likeness (QED) is 0.420. The molecular formula is C20H29FO. The zero-order chi connectivity index (χ0) is 15.8.